The highest BCUT2D eigenvalue weighted by molar-refractivity contribution is 5.23. The van der Waals surface area contributed by atoms with E-state index in [0.717, 1.165) is 18.0 Å². The van der Waals surface area contributed by atoms with Crippen LogP contribution in [0.5, 0.6) is 0 Å². The van der Waals surface area contributed by atoms with Crippen molar-refractivity contribution in [2.75, 3.05) is 0 Å². The van der Waals surface area contributed by atoms with Crippen LogP contribution in [0.25, 0.3) is 0 Å². The molecule has 0 aromatic rings. The number of nitrogens with two attached hydrogens (primary N) is 1. The normalized spacial score (nSPS) is 17.6. The van der Waals surface area contributed by atoms with E-state index in [9.17, 15) is 0 Å². The van der Waals surface area contributed by atoms with Crippen molar-refractivity contribution >= 4 is 0 Å². The summed E-state index contributed by atoms with van der Waals surface area (Å²) in [6.07, 6.45) is 9.04. The fourth-order valence-corrected chi connectivity index (χ4v) is 1.82. The summed E-state index contributed by atoms with van der Waals surface area (Å²) < 4.78 is 0. The van der Waals surface area contributed by atoms with Gasteiger partial charge in [0.1, 0.15) is 0 Å². The Balaban J connectivity index is 2.63. The second-order valence-electron chi connectivity index (χ2n) is 3.50. The molecule has 0 aromatic heterocycles. The molecule has 0 heterocycles. The van der Waals surface area contributed by atoms with Crippen molar-refractivity contribution < 1.29 is 0 Å². The lowest BCUT2D eigenvalue weighted by molar-refractivity contribution is 0.546. The molecule has 12 heavy (non-hydrogen) atoms. The molecule has 0 unspecified atom stereocenters. The van der Waals surface area contributed by atoms with Crippen LogP contribution < -0.4 is 5.73 Å². The Hall–Kier alpha value is -0.720. The molecule has 0 amide bonds. The van der Waals surface area contributed by atoms with Crippen LogP contribution in [0.4, 0.5) is 0 Å². The van der Waals surface area contributed by atoms with E-state index >= 15 is 0 Å². The summed E-state index contributed by atoms with van der Waals surface area (Å²) >= 11 is 0. The van der Waals surface area contributed by atoms with Gasteiger partial charge in [0, 0.05) is 5.70 Å². The molecule has 1 rings (SSSR count). The zero-order valence-electron chi connectivity index (χ0n) is 8.14. The first kappa shape index (κ1) is 9.37. The Morgan fingerprint density at radius 3 is 2.33 bits per heavy atom. The van der Waals surface area contributed by atoms with Crippen molar-refractivity contribution in [2.45, 2.75) is 39.5 Å². The van der Waals surface area contributed by atoms with Gasteiger partial charge in [-0.3, -0.25) is 0 Å². The first-order valence-electron chi connectivity index (χ1n) is 4.93. The number of hydrogen-bond acceptors (Lipinski definition) is 1. The summed E-state index contributed by atoms with van der Waals surface area (Å²) in [7, 11) is 0. The Kier molecular flexibility index (Phi) is 3.39. The van der Waals surface area contributed by atoms with Gasteiger partial charge in [-0.2, -0.15) is 0 Å². The van der Waals surface area contributed by atoms with Crippen LogP contribution >= 0.6 is 0 Å². The minimum absolute atomic E-state index is 0.786. The lowest BCUT2D eigenvalue weighted by atomic mass is 9.87. The summed E-state index contributed by atoms with van der Waals surface area (Å²) in [5.74, 6) is 0.786. The van der Waals surface area contributed by atoms with Gasteiger partial charge in [-0.05, 0) is 37.7 Å². The summed E-state index contributed by atoms with van der Waals surface area (Å²) in [5, 5.41) is 0. The SMILES string of the molecule is CCC(CC)C1=CC=C(N)CC1. The number of allylic oxidation sites excluding steroid dienone is 4. The Morgan fingerprint density at radius 2 is 1.92 bits per heavy atom. The molecule has 1 aliphatic rings. The highest BCUT2D eigenvalue weighted by atomic mass is 14.6. The molecule has 0 spiro atoms. The second kappa shape index (κ2) is 4.34. The molecule has 2 N–H and O–H groups in total. The van der Waals surface area contributed by atoms with Gasteiger partial charge in [0.2, 0.25) is 0 Å². The molecule has 0 fully saturated rings. The number of rotatable bonds is 3. The van der Waals surface area contributed by atoms with Crippen LogP contribution in [-0.2, 0) is 0 Å². The van der Waals surface area contributed by atoms with Crippen LogP contribution in [0.3, 0.4) is 0 Å². The van der Waals surface area contributed by atoms with E-state index in [0.29, 0.717) is 0 Å². The smallest absolute Gasteiger partial charge is 0.00836 e. The lowest BCUT2D eigenvalue weighted by Crippen LogP contribution is -2.07. The van der Waals surface area contributed by atoms with Gasteiger partial charge in [0.25, 0.3) is 0 Å². The zero-order valence-corrected chi connectivity index (χ0v) is 8.14. The zero-order chi connectivity index (χ0) is 8.97. The maximum Gasteiger partial charge on any atom is 0.00836 e. The standard InChI is InChI=1S/C11H19N/c1-3-9(4-2)10-5-7-11(12)8-6-10/h5,7,9H,3-4,6,8,12H2,1-2H3. The van der Waals surface area contributed by atoms with Crippen molar-refractivity contribution in [3.8, 4) is 0 Å². The third-order valence-electron chi connectivity index (χ3n) is 2.72. The quantitative estimate of drug-likeness (QED) is 0.683. The summed E-state index contributed by atoms with van der Waals surface area (Å²) in [6.45, 7) is 4.52. The molecular weight excluding hydrogens is 146 g/mol. The fourth-order valence-electron chi connectivity index (χ4n) is 1.82. The van der Waals surface area contributed by atoms with Gasteiger partial charge in [-0.1, -0.05) is 25.5 Å². The summed E-state index contributed by atoms with van der Waals surface area (Å²) in [6, 6.07) is 0. The molecule has 0 saturated carbocycles. The maximum absolute atomic E-state index is 5.70. The van der Waals surface area contributed by atoms with Gasteiger partial charge in [-0.15, -0.1) is 0 Å². The highest BCUT2D eigenvalue weighted by Crippen LogP contribution is 2.26. The molecule has 0 aliphatic heterocycles. The van der Waals surface area contributed by atoms with E-state index in [-0.39, 0.29) is 0 Å². The second-order valence-corrected chi connectivity index (χ2v) is 3.50. The molecule has 1 nitrogen and oxygen atoms in total. The van der Waals surface area contributed by atoms with Gasteiger partial charge < -0.3 is 5.73 Å². The minimum atomic E-state index is 0.786. The van der Waals surface area contributed by atoms with Gasteiger partial charge in [0.15, 0.2) is 0 Å². The van der Waals surface area contributed by atoms with Crippen LogP contribution in [0.15, 0.2) is 23.4 Å². The molecule has 0 atom stereocenters. The molecular formula is C11H19N. The van der Waals surface area contributed by atoms with Crippen LogP contribution in [0.2, 0.25) is 0 Å². The predicted octanol–water partition coefficient (Wildman–Crippen LogP) is 2.99. The minimum Gasteiger partial charge on any atom is -0.402 e. The maximum atomic E-state index is 5.70. The average Bonchev–Trinajstić information content (AvgIpc) is 2.10. The first-order valence-corrected chi connectivity index (χ1v) is 4.93. The van der Waals surface area contributed by atoms with Gasteiger partial charge >= 0.3 is 0 Å². The number of hydrogen-bond donors (Lipinski definition) is 1. The molecule has 0 saturated heterocycles. The van der Waals surface area contributed by atoms with Crippen LogP contribution in [0.1, 0.15) is 39.5 Å². The Bertz CT molecular complexity index is 197. The van der Waals surface area contributed by atoms with E-state index in [1.165, 1.54) is 19.3 Å². The monoisotopic (exact) mass is 165 g/mol. The van der Waals surface area contributed by atoms with Crippen molar-refractivity contribution in [3.63, 3.8) is 0 Å². The molecule has 1 heteroatoms. The van der Waals surface area contributed by atoms with Crippen molar-refractivity contribution in [2.24, 2.45) is 11.7 Å². The van der Waals surface area contributed by atoms with Gasteiger partial charge in [0.05, 0.1) is 0 Å². The summed E-state index contributed by atoms with van der Waals surface area (Å²) in [5.41, 5.74) is 8.32. The van der Waals surface area contributed by atoms with Crippen molar-refractivity contribution in [1.29, 1.82) is 0 Å². The predicted molar refractivity (Wildman–Crippen MR) is 53.7 cm³/mol. The summed E-state index contributed by atoms with van der Waals surface area (Å²) in [4.78, 5) is 0. The van der Waals surface area contributed by atoms with Crippen LogP contribution in [-0.4, -0.2) is 0 Å². The first-order chi connectivity index (χ1) is 5.77. The molecule has 0 bridgehead atoms. The molecule has 68 valence electrons. The Morgan fingerprint density at radius 1 is 1.25 bits per heavy atom. The molecule has 0 radical (unpaired) electrons. The third kappa shape index (κ3) is 2.13. The van der Waals surface area contributed by atoms with E-state index in [2.05, 4.69) is 26.0 Å². The average molecular weight is 165 g/mol. The van der Waals surface area contributed by atoms with Crippen molar-refractivity contribution in [1.82, 2.24) is 0 Å². The van der Waals surface area contributed by atoms with E-state index in [4.69, 9.17) is 5.73 Å². The van der Waals surface area contributed by atoms with E-state index < -0.39 is 0 Å². The Labute approximate surface area is 75.3 Å². The van der Waals surface area contributed by atoms with Crippen molar-refractivity contribution in [3.05, 3.63) is 23.4 Å². The third-order valence-corrected chi connectivity index (χ3v) is 2.72. The van der Waals surface area contributed by atoms with E-state index in [1.807, 2.05) is 0 Å². The van der Waals surface area contributed by atoms with Crippen LogP contribution in [0, 0.1) is 5.92 Å². The van der Waals surface area contributed by atoms with E-state index in [1.54, 1.807) is 5.57 Å². The topological polar surface area (TPSA) is 26.0 Å². The molecule has 1 aliphatic carbocycles. The van der Waals surface area contributed by atoms with Gasteiger partial charge in [-0.25, -0.2) is 0 Å². The largest absolute Gasteiger partial charge is 0.402 e. The molecule has 0 aromatic carbocycles. The highest BCUT2D eigenvalue weighted by Gasteiger charge is 2.11. The fraction of sp³-hybridized carbons (Fsp3) is 0.636. The lowest BCUT2D eigenvalue weighted by Gasteiger charge is -2.19.